The van der Waals surface area contributed by atoms with Crippen LogP contribution >= 0.6 is 0 Å². The lowest BCUT2D eigenvalue weighted by molar-refractivity contribution is -0.140. The minimum Gasteiger partial charge on any atom is -0.490 e. The molecule has 0 radical (unpaired) electrons. The maximum atomic E-state index is 14.8. The number of anilines is 1. The summed E-state index contributed by atoms with van der Waals surface area (Å²) in [5.74, 6) is -5.51. The molecule has 0 amide bonds. The zero-order chi connectivity index (χ0) is 30.4. The van der Waals surface area contributed by atoms with Crippen molar-refractivity contribution in [3.05, 3.63) is 75.8 Å². The highest BCUT2D eigenvalue weighted by molar-refractivity contribution is 8.04. The first-order valence-corrected chi connectivity index (χ1v) is 14.6. The van der Waals surface area contributed by atoms with Crippen LogP contribution in [-0.4, -0.2) is 57.8 Å². The van der Waals surface area contributed by atoms with Gasteiger partial charge in [0.05, 0.1) is 29.3 Å². The Hall–Kier alpha value is -4.11. The molecule has 1 aliphatic rings. The number of rotatable bonds is 6. The number of alkyl halides is 3. The molecule has 2 N–H and O–H groups in total. The zero-order valence-electron chi connectivity index (χ0n) is 22.1. The molecular weight excluding hydrogens is 590 g/mol. The van der Waals surface area contributed by atoms with E-state index in [2.05, 4.69) is 14.7 Å². The van der Waals surface area contributed by atoms with Crippen LogP contribution in [0.1, 0.15) is 5.56 Å². The van der Waals surface area contributed by atoms with Crippen molar-refractivity contribution in [2.24, 2.45) is 0 Å². The molecule has 1 aliphatic heterocycles. The Morgan fingerprint density at radius 1 is 1.02 bits per heavy atom. The fourth-order valence-electron chi connectivity index (χ4n) is 4.59. The molecule has 1 saturated heterocycles. The van der Waals surface area contributed by atoms with E-state index in [1.54, 1.807) is 0 Å². The van der Waals surface area contributed by atoms with Gasteiger partial charge in [0.25, 0.3) is 0 Å². The van der Waals surface area contributed by atoms with Gasteiger partial charge in [-0.05, 0) is 47.5 Å². The number of methoxy groups -OCH3 is 1. The molecule has 2 aromatic carbocycles. The van der Waals surface area contributed by atoms with Crippen molar-refractivity contribution in [2.45, 2.75) is 6.18 Å². The Balaban J connectivity index is 1.64. The Morgan fingerprint density at radius 2 is 1.74 bits per heavy atom. The van der Waals surface area contributed by atoms with E-state index in [9.17, 15) is 35.3 Å². The Bertz CT molecular complexity index is 1780. The average molecular weight is 615 g/mol. The van der Waals surface area contributed by atoms with Crippen LogP contribution in [0.15, 0.2) is 47.4 Å². The van der Waals surface area contributed by atoms with E-state index in [0.717, 1.165) is 19.2 Å². The van der Waals surface area contributed by atoms with Gasteiger partial charge in [0.2, 0.25) is 11.6 Å². The number of hydrogen-bond donors (Lipinski definition) is 3. The number of H-pyrrole nitrogens is 1. The third kappa shape index (κ3) is 5.66. The van der Waals surface area contributed by atoms with Crippen LogP contribution in [-0.2, 0) is 16.3 Å². The molecule has 0 bridgehead atoms. The van der Waals surface area contributed by atoms with Gasteiger partial charge < -0.3 is 24.1 Å². The zero-order valence-corrected chi connectivity index (χ0v) is 23.0. The van der Waals surface area contributed by atoms with Crippen molar-refractivity contribution >= 4 is 26.8 Å². The first kappa shape index (κ1) is 29.4. The van der Waals surface area contributed by atoms with Crippen molar-refractivity contribution < 1.29 is 40.0 Å². The maximum absolute atomic E-state index is 14.8. The van der Waals surface area contributed by atoms with E-state index >= 15 is 0 Å². The number of fused-ring (bicyclic) bond motifs is 1. The Morgan fingerprint density at radius 3 is 2.40 bits per heavy atom. The third-order valence-electron chi connectivity index (χ3n) is 6.84. The molecule has 0 unspecified atom stereocenters. The number of hydrogen-bond acceptors (Lipinski definition) is 6. The number of aromatic amines is 1. The van der Waals surface area contributed by atoms with Gasteiger partial charge in [-0.3, -0.25) is 9.00 Å². The summed E-state index contributed by atoms with van der Waals surface area (Å²) in [6.45, 7) is 1.17. The molecule has 8 nitrogen and oxygen atoms in total. The molecule has 0 spiro atoms. The standard InChI is InChI=1S/C27H24F6N4O4S/c1-37-7-9-42(39,10-8-37)36-26-23-18(5-6-34-26)35-19(13-20(23)38)14-11-17(29)15(27(31,32)33)12-22(14)41-21-4-3-16(28)24(30)25(21)40-2/h3-6,11-13,42H,7-10H2,1-2H3,(H,35,38)(H,34,36,39). The van der Waals surface area contributed by atoms with E-state index in [1.165, 1.54) is 12.3 Å². The molecule has 4 aromatic rings. The fourth-order valence-corrected chi connectivity index (χ4v) is 6.92. The van der Waals surface area contributed by atoms with Gasteiger partial charge in [-0.25, -0.2) is 13.8 Å². The number of aromatic nitrogens is 2. The molecule has 2 aromatic heterocycles. The van der Waals surface area contributed by atoms with Crippen LogP contribution in [0.3, 0.4) is 0 Å². The number of ether oxygens (including phenoxy) is 2. The van der Waals surface area contributed by atoms with Crippen LogP contribution in [0, 0.1) is 17.5 Å². The molecule has 0 atom stereocenters. The highest BCUT2D eigenvalue weighted by Gasteiger charge is 2.36. The van der Waals surface area contributed by atoms with Gasteiger partial charge in [0.15, 0.2) is 17.0 Å². The Kier molecular flexibility index (Phi) is 7.66. The van der Waals surface area contributed by atoms with Crippen LogP contribution in [0.25, 0.3) is 22.2 Å². The lowest BCUT2D eigenvalue weighted by Crippen LogP contribution is -2.45. The Labute approximate surface area is 235 Å². The summed E-state index contributed by atoms with van der Waals surface area (Å²) in [5.41, 5.74) is -2.68. The predicted octanol–water partition coefficient (Wildman–Crippen LogP) is 5.12. The van der Waals surface area contributed by atoms with Crippen molar-refractivity contribution in [1.82, 2.24) is 14.9 Å². The van der Waals surface area contributed by atoms with Crippen molar-refractivity contribution in [3.63, 3.8) is 0 Å². The van der Waals surface area contributed by atoms with Crippen molar-refractivity contribution in [1.29, 1.82) is 0 Å². The molecule has 0 aliphatic carbocycles. The molecular formula is C27H24F6N4O4S. The van der Waals surface area contributed by atoms with Gasteiger partial charge >= 0.3 is 6.18 Å². The molecule has 3 heterocycles. The molecule has 0 saturated carbocycles. The molecule has 224 valence electrons. The SMILES string of the molecule is COc1c(Oc2cc(C(F)(F)F)c(F)cc2-c2cc(=O)c3c(N[SH]4(=O)CCN(C)CC4)nccc3[nH]2)ccc(F)c1F. The summed E-state index contributed by atoms with van der Waals surface area (Å²) < 4.78 is 110. The number of halogens is 6. The second-order valence-electron chi connectivity index (χ2n) is 9.70. The number of thiol groups is 1. The molecule has 1 fully saturated rings. The van der Waals surface area contributed by atoms with E-state index < -0.39 is 62.0 Å². The van der Waals surface area contributed by atoms with Gasteiger partial charge in [-0.15, -0.1) is 0 Å². The van der Waals surface area contributed by atoms with Gasteiger partial charge in [0, 0.05) is 42.4 Å². The van der Waals surface area contributed by atoms with E-state index in [1.807, 2.05) is 11.9 Å². The summed E-state index contributed by atoms with van der Waals surface area (Å²) in [5, 5.41) is 0.0347. The van der Waals surface area contributed by atoms with Crippen LogP contribution < -0.4 is 19.6 Å². The first-order valence-electron chi connectivity index (χ1n) is 12.5. The first-order chi connectivity index (χ1) is 19.8. The number of nitrogens with one attached hydrogen (secondary N) is 2. The average Bonchev–Trinajstić information content (AvgIpc) is 2.92. The summed E-state index contributed by atoms with van der Waals surface area (Å²) in [4.78, 5) is 22.4. The highest BCUT2D eigenvalue weighted by atomic mass is 32.3. The van der Waals surface area contributed by atoms with Crippen LogP contribution in [0.4, 0.5) is 32.2 Å². The lowest BCUT2D eigenvalue weighted by Gasteiger charge is -2.34. The summed E-state index contributed by atoms with van der Waals surface area (Å²) >= 11 is 0. The quantitative estimate of drug-likeness (QED) is 0.206. The second-order valence-corrected chi connectivity index (χ2v) is 12.6. The van der Waals surface area contributed by atoms with Gasteiger partial charge in [0.1, 0.15) is 17.4 Å². The van der Waals surface area contributed by atoms with Crippen LogP contribution in [0.2, 0.25) is 0 Å². The van der Waals surface area contributed by atoms with Crippen molar-refractivity contribution in [3.8, 4) is 28.5 Å². The van der Waals surface area contributed by atoms with E-state index in [4.69, 9.17) is 9.47 Å². The fraction of sp³-hybridized carbons (Fsp3) is 0.259. The van der Waals surface area contributed by atoms with E-state index in [-0.39, 0.29) is 28.0 Å². The number of benzene rings is 2. The van der Waals surface area contributed by atoms with Gasteiger partial charge in [-0.1, -0.05) is 0 Å². The number of pyridine rings is 2. The smallest absolute Gasteiger partial charge is 0.419 e. The summed E-state index contributed by atoms with van der Waals surface area (Å²) in [6, 6.07) is 4.87. The lowest BCUT2D eigenvalue weighted by atomic mass is 10.0. The summed E-state index contributed by atoms with van der Waals surface area (Å²) in [7, 11) is -0.0122. The second kappa shape index (κ2) is 10.9. The predicted molar refractivity (Wildman–Crippen MR) is 146 cm³/mol. The van der Waals surface area contributed by atoms with Gasteiger partial charge in [-0.2, -0.15) is 17.6 Å². The van der Waals surface area contributed by atoms with Crippen LogP contribution in [0.5, 0.6) is 17.2 Å². The van der Waals surface area contributed by atoms with Crippen molar-refractivity contribution in [2.75, 3.05) is 43.5 Å². The maximum Gasteiger partial charge on any atom is 0.419 e. The number of nitrogens with zero attached hydrogens (tertiary/aromatic N) is 2. The monoisotopic (exact) mass is 614 g/mol. The third-order valence-corrected chi connectivity index (χ3v) is 9.30. The topological polar surface area (TPSA) is 96.5 Å². The minimum atomic E-state index is -5.13. The largest absolute Gasteiger partial charge is 0.490 e. The molecule has 5 rings (SSSR count). The molecule has 15 heteroatoms. The summed E-state index contributed by atoms with van der Waals surface area (Å²) in [6.07, 6.45) is -3.79. The highest BCUT2D eigenvalue weighted by Crippen LogP contribution is 2.43. The van der Waals surface area contributed by atoms with E-state index in [0.29, 0.717) is 42.8 Å². The normalized spacial score (nSPS) is 16.3. The molecule has 42 heavy (non-hydrogen) atoms. The minimum absolute atomic E-state index is 0.0347.